The second kappa shape index (κ2) is 6.77. The van der Waals surface area contributed by atoms with Crippen molar-refractivity contribution in [2.75, 3.05) is 11.9 Å². The lowest BCUT2D eigenvalue weighted by Crippen LogP contribution is -2.35. The molecular formula is C20H20N4O2. The lowest BCUT2D eigenvalue weighted by Gasteiger charge is -2.13. The topological polar surface area (TPSA) is 87.1 Å². The third kappa shape index (κ3) is 3.26. The van der Waals surface area contributed by atoms with Gasteiger partial charge in [0.25, 0.3) is 0 Å². The van der Waals surface area contributed by atoms with E-state index in [-0.39, 0.29) is 17.7 Å². The van der Waals surface area contributed by atoms with Gasteiger partial charge < -0.3 is 15.7 Å². The highest BCUT2D eigenvalue weighted by atomic mass is 16.3. The average molecular weight is 348 g/mol. The fourth-order valence-electron chi connectivity index (χ4n) is 3.33. The minimum absolute atomic E-state index is 0.0764. The third-order valence-corrected chi connectivity index (χ3v) is 4.89. The summed E-state index contributed by atoms with van der Waals surface area (Å²) in [6.45, 7) is 0.864. The average Bonchev–Trinajstić information content (AvgIpc) is 3.35. The largest absolute Gasteiger partial charge is 0.507 e. The van der Waals surface area contributed by atoms with Gasteiger partial charge in [-0.25, -0.2) is 0 Å². The van der Waals surface area contributed by atoms with Crippen LogP contribution in [0.1, 0.15) is 42.7 Å². The zero-order valence-corrected chi connectivity index (χ0v) is 14.3. The van der Waals surface area contributed by atoms with Crippen molar-refractivity contribution in [3.8, 4) is 29.4 Å². The molecule has 2 aliphatic rings. The number of hydrogen-bond donors (Lipinski definition) is 3. The number of rotatable bonds is 4. The first kappa shape index (κ1) is 16.6. The van der Waals surface area contributed by atoms with Crippen molar-refractivity contribution in [2.45, 2.75) is 37.6 Å². The van der Waals surface area contributed by atoms with Gasteiger partial charge in [-0.3, -0.25) is 4.79 Å². The van der Waals surface area contributed by atoms with Crippen LogP contribution < -0.4 is 10.6 Å². The summed E-state index contributed by atoms with van der Waals surface area (Å²) in [6, 6.07) is 6.80. The number of benzene rings is 1. The SMILES string of the molecule is C#Cc1ccc(-c2nnc(NC(=O)C3CCCN3)cc2C2CC2)c(O)c1. The maximum absolute atomic E-state index is 12.3. The Morgan fingerprint density at radius 1 is 1.27 bits per heavy atom. The summed E-state index contributed by atoms with van der Waals surface area (Å²) in [7, 11) is 0. The highest BCUT2D eigenvalue weighted by Gasteiger charge is 2.30. The highest BCUT2D eigenvalue weighted by molar-refractivity contribution is 5.94. The lowest BCUT2D eigenvalue weighted by molar-refractivity contribution is -0.117. The lowest BCUT2D eigenvalue weighted by atomic mass is 10.0. The molecule has 1 aliphatic heterocycles. The number of phenols is 1. The Balaban J connectivity index is 1.64. The molecule has 1 amide bonds. The van der Waals surface area contributed by atoms with Crippen molar-refractivity contribution in [1.82, 2.24) is 15.5 Å². The van der Waals surface area contributed by atoms with Crippen molar-refractivity contribution in [3.63, 3.8) is 0 Å². The molecule has 6 heteroatoms. The number of nitrogens with one attached hydrogen (secondary N) is 2. The maximum Gasteiger partial charge on any atom is 0.242 e. The van der Waals surface area contributed by atoms with Crippen molar-refractivity contribution in [1.29, 1.82) is 0 Å². The number of aromatic nitrogens is 2. The molecule has 1 saturated heterocycles. The molecule has 1 atom stereocenters. The first-order valence-electron chi connectivity index (χ1n) is 8.87. The van der Waals surface area contributed by atoms with E-state index in [1.807, 2.05) is 6.07 Å². The molecule has 2 aromatic rings. The van der Waals surface area contributed by atoms with Crippen molar-refractivity contribution < 1.29 is 9.90 Å². The molecule has 1 saturated carbocycles. The minimum Gasteiger partial charge on any atom is -0.507 e. The second-order valence-corrected chi connectivity index (χ2v) is 6.82. The number of aromatic hydroxyl groups is 1. The molecule has 1 aliphatic carbocycles. The highest BCUT2D eigenvalue weighted by Crippen LogP contribution is 2.45. The van der Waals surface area contributed by atoms with Gasteiger partial charge in [0.05, 0.1) is 6.04 Å². The summed E-state index contributed by atoms with van der Waals surface area (Å²) in [5.41, 5.74) is 2.86. The number of amides is 1. The van der Waals surface area contributed by atoms with Gasteiger partial charge in [-0.05, 0) is 68.0 Å². The molecule has 2 heterocycles. The van der Waals surface area contributed by atoms with Crippen LogP contribution in [-0.4, -0.2) is 33.8 Å². The molecule has 26 heavy (non-hydrogen) atoms. The van der Waals surface area contributed by atoms with E-state index in [1.165, 1.54) is 0 Å². The molecule has 6 nitrogen and oxygen atoms in total. The van der Waals surface area contributed by atoms with Crippen LogP contribution in [0.5, 0.6) is 5.75 Å². The Morgan fingerprint density at radius 2 is 2.12 bits per heavy atom. The predicted octanol–water partition coefficient (Wildman–Crippen LogP) is 2.40. The van der Waals surface area contributed by atoms with Crippen LogP contribution in [0.3, 0.4) is 0 Å². The van der Waals surface area contributed by atoms with Gasteiger partial charge in [-0.2, -0.15) is 0 Å². The van der Waals surface area contributed by atoms with E-state index >= 15 is 0 Å². The predicted molar refractivity (Wildman–Crippen MR) is 98.7 cm³/mol. The van der Waals surface area contributed by atoms with E-state index in [0.29, 0.717) is 28.6 Å². The van der Waals surface area contributed by atoms with Crippen molar-refractivity contribution in [3.05, 3.63) is 35.4 Å². The van der Waals surface area contributed by atoms with Crippen molar-refractivity contribution >= 4 is 11.7 Å². The van der Waals surface area contributed by atoms with Crippen LogP contribution in [-0.2, 0) is 4.79 Å². The molecule has 1 unspecified atom stereocenters. The molecular weight excluding hydrogens is 328 g/mol. The quantitative estimate of drug-likeness (QED) is 0.739. The summed E-state index contributed by atoms with van der Waals surface area (Å²) in [4.78, 5) is 12.3. The summed E-state index contributed by atoms with van der Waals surface area (Å²) < 4.78 is 0. The number of anilines is 1. The van der Waals surface area contributed by atoms with Gasteiger partial charge in [0, 0.05) is 11.1 Å². The number of hydrogen-bond acceptors (Lipinski definition) is 5. The minimum atomic E-state index is -0.166. The Bertz CT molecular complexity index is 893. The molecule has 4 rings (SSSR count). The molecule has 1 aromatic carbocycles. The monoisotopic (exact) mass is 348 g/mol. The number of carbonyl (C=O) groups excluding carboxylic acids is 1. The third-order valence-electron chi connectivity index (χ3n) is 4.89. The fourth-order valence-corrected chi connectivity index (χ4v) is 3.33. The summed E-state index contributed by atoms with van der Waals surface area (Å²) in [5, 5.41) is 24.8. The Hall–Kier alpha value is -2.91. The number of phenolic OH excluding ortho intramolecular Hbond substituents is 1. The first-order valence-corrected chi connectivity index (χ1v) is 8.87. The second-order valence-electron chi connectivity index (χ2n) is 6.82. The molecule has 3 N–H and O–H groups in total. The number of carbonyl (C=O) groups is 1. The Morgan fingerprint density at radius 3 is 2.77 bits per heavy atom. The van der Waals surface area contributed by atoms with Gasteiger partial charge in [-0.1, -0.05) is 5.92 Å². The molecule has 0 bridgehead atoms. The Kier molecular flexibility index (Phi) is 4.31. The molecule has 0 radical (unpaired) electrons. The van der Waals surface area contributed by atoms with Gasteiger partial charge in [0.15, 0.2) is 5.82 Å². The zero-order valence-electron chi connectivity index (χ0n) is 14.3. The van der Waals surface area contributed by atoms with E-state index < -0.39 is 0 Å². The first-order chi connectivity index (χ1) is 12.7. The van der Waals surface area contributed by atoms with E-state index in [0.717, 1.165) is 37.8 Å². The van der Waals surface area contributed by atoms with Crippen LogP contribution in [0.4, 0.5) is 5.82 Å². The van der Waals surface area contributed by atoms with E-state index in [2.05, 4.69) is 26.8 Å². The van der Waals surface area contributed by atoms with Crippen LogP contribution >= 0.6 is 0 Å². The van der Waals surface area contributed by atoms with Crippen LogP contribution in [0, 0.1) is 12.3 Å². The van der Waals surface area contributed by atoms with E-state index in [1.54, 1.807) is 18.2 Å². The standard InChI is InChI=1S/C20H20N4O2/c1-2-12-5-8-14(17(25)10-12)19-15(13-6-7-13)11-18(23-24-19)22-20(26)16-4-3-9-21-16/h1,5,8,10-11,13,16,21,25H,3-4,6-7,9H2,(H,22,23,26). The molecule has 0 spiro atoms. The van der Waals surface area contributed by atoms with Gasteiger partial charge in [-0.15, -0.1) is 16.6 Å². The molecule has 1 aromatic heterocycles. The Labute approximate surface area is 152 Å². The molecule has 132 valence electrons. The van der Waals surface area contributed by atoms with E-state index in [9.17, 15) is 9.90 Å². The molecule has 2 fully saturated rings. The van der Waals surface area contributed by atoms with Gasteiger partial charge in [0.2, 0.25) is 5.91 Å². The zero-order chi connectivity index (χ0) is 18.1. The summed E-state index contributed by atoms with van der Waals surface area (Å²) in [6.07, 6.45) is 9.36. The summed E-state index contributed by atoms with van der Waals surface area (Å²) >= 11 is 0. The van der Waals surface area contributed by atoms with Gasteiger partial charge in [0.1, 0.15) is 11.4 Å². The number of nitrogens with zero attached hydrogens (tertiary/aromatic N) is 2. The smallest absolute Gasteiger partial charge is 0.242 e. The van der Waals surface area contributed by atoms with Crippen molar-refractivity contribution in [2.24, 2.45) is 0 Å². The van der Waals surface area contributed by atoms with Crippen LogP contribution in [0.25, 0.3) is 11.3 Å². The number of terminal acetylenes is 1. The van der Waals surface area contributed by atoms with Crippen LogP contribution in [0.2, 0.25) is 0 Å². The fraction of sp³-hybridized carbons (Fsp3) is 0.350. The maximum atomic E-state index is 12.3. The summed E-state index contributed by atoms with van der Waals surface area (Å²) in [5.74, 6) is 3.35. The van der Waals surface area contributed by atoms with E-state index in [4.69, 9.17) is 6.42 Å². The van der Waals surface area contributed by atoms with Crippen LogP contribution in [0.15, 0.2) is 24.3 Å². The van der Waals surface area contributed by atoms with Gasteiger partial charge >= 0.3 is 0 Å². The normalized spacial score (nSPS) is 19.1.